The first-order valence-corrected chi connectivity index (χ1v) is 19.5. The third-order valence-corrected chi connectivity index (χ3v) is 11.8. The third kappa shape index (κ3) is 5.08. The van der Waals surface area contributed by atoms with Crippen molar-refractivity contribution in [1.82, 2.24) is 14.0 Å². The summed E-state index contributed by atoms with van der Waals surface area (Å²) in [5.74, 6) is 2.15. The molecule has 0 saturated heterocycles. The lowest BCUT2D eigenvalue weighted by Crippen LogP contribution is -2.35. The van der Waals surface area contributed by atoms with Gasteiger partial charge in [0.2, 0.25) is 0 Å². The lowest BCUT2D eigenvalue weighted by molar-refractivity contribution is 0.383. The number of fused-ring (bicyclic) bond motifs is 7. The summed E-state index contributed by atoms with van der Waals surface area (Å²) < 4.78 is 4.82. The Morgan fingerprint density at radius 1 is 0.536 bits per heavy atom. The number of nitrogens with zero attached hydrogens (tertiary/aromatic N) is 5. The van der Waals surface area contributed by atoms with Gasteiger partial charge in [-0.05, 0) is 83.6 Å². The number of benzene rings is 7. The summed E-state index contributed by atoms with van der Waals surface area (Å²) in [7, 11) is 2.12. The van der Waals surface area contributed by atoms with Crippen LogP contribution in [0.25, 0.3) is 61.1 Å². The highest BCUT2D eigenvalue weighted by Crippen LogP contribution is 2.40. The molecule has 5 nitrogen and oxygen atoms in total. The summed E-state index contributed by atoms with van der Waals surface area (Å²) in [6.45, 7) is 2.31. The van der Waals surface area contributed by atoms with Crippen LogP contribution in [0.1, 0.15) is 53.2 Å². The van der Waals surface area contributed by atoms with Crippen LogP contribution in [-0.4, -0.2) is 32.8 Å². The van der Waals surface area contributed by atoms with Crippen molar-refractivity contribution in [1.29, 1.82) is 0 Å². The van der Waals surface area contributed by atoms with E-state index < -0.39 is 0 Å². The number of allylic oxidation sites excluding steroid dienone is 1. The van der Waals surface area contributed by atoms with Gasteiger partial charge >= 0.3 is 0 Å². The fourth-order valence-corrected chi connectivity index (χ4v) is 9.00. The van der Waals surface area contributed by atoms with Gasteiger partial charge in [-0.2, -0.15) is 0 Å². The Kier molecular flexibility index (Phi) is 7.43. The molecule has 1 aliphatic carbocycles. The topological polar surface area (TPSA) is 37.8 Å². The van der Waals surface area contributed by atoms with Crippen molar-refractivity contribution >= 4 is 61.4 Å². The van der Waals surface area contributed by atoms with Gasteiger partial charge < -0.3 is 14.0 Å². The minimum Gasteiger partial charge on any atom is -0.333 e. The van der Waals surface area contributed by atoms with E-state index in [0.717, 1.165) is 46.2 Å². The molecule has 11 rings (SSSR count). The molecule has 0 spiro atoms. The van der Waals surface area contributed by atoms with Crippen LogP contribution in [0, 0.1) is 0 Å². The Morgan fingerprint density at radius 2 is 1.12 bits per heavy atom. The van der Waals surface area contributed by atoms with Gasteiger partial charge in [0.05, 0.1) is 22.1 Å². The zero-order chi connectivity index (χ0) is 37.3. The van der Waals surface area contributed by atoms with Crippen LogP contribution in [0.15, 0.2) is 180 Å². The number of hydrogen-bond acceptors (Lipinski definition) is 3. The van der Waals surface area contributed by atoms with Crippen molar-refractivity contribution in [2.24, 2.45) is 9.98 Å². The molecule has 1 aliphatic heterocycles. The third-order valence-electron chi connectivity index (χ3n) is 11.8. The molecule has 5 heteroatoms. The van der Waals surface area contributed by atoms with Crippen LogP contribution in [0.4, 0.5) is 0 Å². The summed E-state index contributed by atoms with van der Waals surface area (Å²) in [4.78, 5) is 12.7. The van der Waals surface area contributed by atoms with E-state index in [4.69, 9.17) is 9.98 Å². The predicted molar refractivity (Wildman–Crippen MR) is 234 cm³/mol. The molecule has 0 saturated carbocycles. The van der Waals surface area contributed by atoms with E-state index in [1.807, 2.05) is 6.07 Å². The van der Waals surface area contributed by atoms with E-state index in [1.165, 1.54) is 54.7 Å². The van der Waals surface area contributed by atoms with Gasteiger partial charge in [-0.1, -0.05) is 128 Å². The second-order valence-electron chi connectivity index (χ2n) is 15.1. The Hall–Kier alpha value is -6.98. The molecule has 268 valence electrons. The van der Waals surface area contributed by atoms with Crippen molar-refractivity contribution in [3.8, 4) is 11.4 Å². The second-order valence-corrected chi connectivity index (χ2v) is 15.1. The maximum atomic E-state index is 5.30. The summed E-state index contributed by atoms with van der Waals surface area (Å²) in [5.41, 5.74) is 13.0. The Balaban J connectivity index is 1.05. The summed E-state index contributed by atoms with van der Waals surface area (Å²) in [5, 5.41) is 4.95. The summed E-state index contributed by atoms with van der Waals surface area (Å²) in [6, 6.07) is 59.1. The fourth-order valence-electron chi connectivity index (χ4n) is 9.00. The average Bonchev–Trinajstić information content (AvgIpc) is 3.75. The highest BCUT2D eigenvalue weighted by Gasteiger charge is 2.28. The molecule has 2 aromatic heterocycles. The molecule has 0 N–H and O–H groups in total. The zero-order valence-corrected chi connectivity index (χ0v) is 31.3. The highest BCUT2D eigenvalue weighted by molar-refractivity contribution is 6.19. The quantitative estimate of drug-likeness (QED) is 0.174. The minimum absolute atomic E-state index is 0.248. The monoisotopic (exact) mass is 721 g/mol. The fraction of sp³-hybridized carbons (Fsp3) is 0.0980. The minimum atomic E-state index is -0.248. The van der Waals surface area contributed by atoms with Crippen molar-refractivity contribution in [2.45, 2.75) is 25.4 Å². The number of aliphatic imine (C=N–C) groups is 2. The highest BCUT2D eigenvalue weighted by atomic mass is 15.3. The van der Waals surface area contributed by atoms with Crippen LogP contribution in [0.2, 0.25) is 0 Å². The molecule has 0 bridgehead atoms. The van der Waals surface area contributed by atoms with Crippen LogP contribution < -0.4 is 0 Å². The molecule has 0 fully saturated rings. The molecular weight excluding hydrogens is 683 g/mol. The van der Waals surface area contributed by atoms with Crippen molar-refractivity contribution < 1.29 is 0 Å². The van der Waals surface area contributed by atoms with E-state index in [9.17, 15) is 0 Å². The van der Waals surface area contributed by atoms with Gasteiger partial charge in [0, 0.05) is 51.1 Å². The van der Waals surface area contributed by atoms with Crippen LogP contribution >= 0.6 is 0 Å². The average molecular weight is 722 g/mol. The number of para-hydroxylation sites is 3. The Morgan fingerprint density at radius 3 is 1.79 bits per heavy atom. The Labute approximate surface area is 325 Å². The number of amidine groups is 2. The zero-order valence-electron chi connectivity index (χ0n) is 31.3. The smallest absolute Gasteiger partial charge is 0.159 e. The Bertz CT molecular complexity index is 3070. The molecule has 7 aromatic carbocycles. The number of rotatable bonds is 5. The van der Waals surface area contributed by atoms with E-state index in [2.05, 4.69) is 198 Å². The van der Waals surface area contributed by atoms with E-state index >= 15 is 0 Å². The van der Waals surface area contributed by atoms with E-state index in [-0.39, 0.29) is 6.17 Å². The van der Waals surface area contributed by atoms with Crippen LogP contribution in [0.3, 0.4) is 0 Å². The van der Waals surface area contributed by atoms with Crippen molar-refractivity contribution in [3.05, 3.63) is 198 Å². The van der Waals surface area contributed by atoms with Gasteiger partial charge in [-0.15, -0.1) is 0 Å². The summed E-state index contributed by atoms with van der Waals surface area (Å²) in [6.07, 6.45) is 5.33. The van der Waals surface area contributed by atoms with E-state index in [1.54, 1.807) is 0 Å². The molecule has 0 radical (unpaired) electrons. The number of aromatic nitrogens is 2. The van der Waals surface area contributed by atoms with Gasteiger partial charge in [0.25, 0.3) is 0 Å². The molecule has 2 aliphatic rings. The first kappa shape index (κ1) is 32.5. The van der Waals surface area contributed by atoms with Crippen LogP contribution in [-0.2, 0) is 0 Å². The predicted octanol–water partition coefficient (Wildman–Crippen LogP) is 12.2. The maximum absolute atomic E-state index is 5.30. The molecule has 56 heavy (non-hydrogen) atoms. The van der Waals surface area contributed by atoms with Gasteiger partial charge in [-0.25, -0.2) is 9.98 Å². The van der Waals surface area contributed by atoms with Crippen molar-refractivity contribution in [2.75, 3.05) is 7.05 Å². The largest absolute Gasteiger partial charge is 0.333 e. The van der Waals surface area contributed by atoms with Gasteiger partial charge in [0.15, 0.2) is 5.84 Å². The van der Waals surface area contributed by atoms with Gasteiger partial charge in [0.1, 0.15) is 12.0 Å². The summed E-state index contributed by atoms with van der Waals surface area (Å²) >= 11 is 0. The molecule has 0 amide bonds. The van der Waals surface area contributed by atoms with Crippen molar-refractivity contribution in [3.63, 3.8) is 0 Å². The first-order valence-electron chi connectivity index (χ1n) is 19.5. The van der Waals surface area contributed by atoms with Crippen LogP contribution in [0.5, 0.6) is 0 Å². The lowest BCUT2D eigenvalue weighted by Gasteiger charge is -2.33. The standard InChI is InChI=1S/C51H39N5/c1-33-14-13-17-34-24-25-37(30-42(33)34)51-53-49(35-15-5-3-6-16-35)52-50(54(51)2)36-26-28-39(29-27-36)56-46-23-12-10-21-41(46)44-31-47-43(32-48(44)56)40-20-9-11-22-45(40)55(47)38-18-7-4-8-19-38/h3-13,15-33,50H,14H2,1-2H3. The molecule has 9 aromatic rings. The van der Waals surface area contributed by atoms with Gasteiger partial charge in [-0.3, -0.25) is 0 Å². The second kappa shape index (κ2) is 12.8. The normalized spacial score (nSPS) is 16.8. The lowest BCUT2D eigenvalue weighted by atomic mass is 9.87. The molecule has 2 atom stereocenters. The first-order chi connectivity index (χ1) is 27.6. The maximum Gasteiger partial charge on any atom is 0.159 e. The number of hydrogen-bond donors (Lipinski definition) is 0. The molecule has 3 heterocycles. The van der Waals surface area contributed by atoms with E-state index in [0.29, 0.717) is 5.92 Å². The molecule has 2 unspecified atom stereocenters. The SMILES string of the molecule is CC1CC=Cc2ccc(C3=NC(c4ccccc4)=NC(c4ccc(-n5c6ccccc6c6cc7c(cc65)c5ccccc5n7-c5ccccc5)cc4)N3C)cc21. The molecular formula is C51H39N5.